The lowest BCUT2D eigenvalue weighted by molar-refractivity contribution is 0.409. The van der Waals surface area contributed by atoms with Gasteiger partial charge in [0.05, 0.1) is 5.75 Å². The highest BCUT2D eigenvalue weighted by atomic mass is 32.2. The van der Waals surface area contributed by atoms with Gasteiger partial charge in [-0.1, -0.05) is 12.1 Å². The van der Waals surface area contributed by atoms with Crippen molar-refractivity contribution in [3.05, 3.63) is 35.6 Å². The fraction of sp³-hybridized carbons (Fsp3) is 0.500. The summed E-state index contributed by atoms with van der Waals surface area (Å²) in [6, 6.07) is 5.85. The van der Waals surface area contributed by atoms with E-state index in [9.17, 15) is 12.8 Å². The first-order valence-electron chi connectivity index (χ1n) is 5.90. The van der Waals surface area contributed by atoms with E-state index in [1.165, 1.54) is 24.3 Å². The minimum atomic E-state index is -3.26. The molecule has 2 unspecified atom stereocenters. The molecule has 0 radical (unpaired) electrons. The molecule has 0 aliphatic carbocycles. The Hall–Kier alpha value is -0.590. The molecule has 0 saturated carbocycles. The van der Waals surface area contributed by atoms with E-state index in [2.05, 4.69) is 0 Å². The summed E-state index contributed by atoms with van der Waals surface area (Å²) in [5.74, 6) is 0.543. The van der Waals surface area contributed by atoms with Crippen LogP contribution in [0.4, 0.5) is 4.39 Å². The largest absolute Gasteiger partial charge is 0.218 e. The number of fused-ring (bicyclic) bond motifs is 2. The molecule has 2 fully saturated rings. The lowest BCUT2D eigenvalue weighted by Gasteiger charge is -2.25. The van der Waals surface area contributed by atoms with Gasteiger partial charge in [0.1, 0.15) is 5.82 Å². The topological polar surface area (TPSA) is 37.4 Å². The molecule has 2 aliphatic heterocycles. The molecule has 2 atom stereocenters. The van der Waals surface area contributed by atoms with E-state index in [0.29, 0.717) is 17.4 Å². The van der Waals surface area contributed by atoms with Crippen molar-refractivity contribution in [1.82, 2.24) is 4.31 Å². The monoisotopic (exact) mass is 287 g/mol. The fourth-order valence-electron chi connectivity index (χ4n) is 2.58. The first-order chi connectivity index (χ1) is 8.54. The average molecular weight is 287 g/mol. The molecule has 2 heterocycles. The molecule has 0 spiro atoms. The number of thioether (sulfide) groups is 1. The second-order valence-electron chi connectivity index (χ2n) is 4.80. The van der Waals surface area contributed by atoms with Gasteiger partial charge in [-0.25, -0.2) is 12.8 Å². The second-order valence-corrected chi connectivity index (χ2v) is 8.05. The summed E-state index contributed by atoms with van der Waals surface area (Å²) in [5.41, 5.74) is 0.645. The zero-order chi connectivity index (χ0) is 12.8. The molecule has 6 heteroatoms. The van der Waals surface area contributed by atoms with Crippen molar-refractivity contribution >= 4 is 21.8 Å². The van der Waals surface area contributed by atoms with Gasteiger partial charge in [0.25, 0.3) is 0 Å². The molecule has 3 nitrogen and oxygen atoms in total. The maximum Gasteiger partial charge on any atom is 0.218 e. The Morgan fingerprint density at radius 1 is 1.33 bits per heavy atom. The summed E-state index contributed by atoms with van der Waals surface area (Å²) in [4.78, 5) is 0. The van der Waals surface area contributed by atoms with Gasteiger partial charge in [-0.05, 0) is 24.1 Å². The molecular weight excluding hydrogens is 273 g/mol. The van der Waals surface area contributed by atoms with E-state index in [-0.39, 0.29) is 17.6 Å². The number of benzene rings is 1. The van der Waals surface area contributed by atoms with Gasteiger partial charge in [0, 0.05) is 23.6 Å². The standard InChI is InChI=1S/C12H14FNO2S2/c13-10-3-1-9(2-4-10)8-18(15,16)14-6-12-5-11(14)7-17-12/h1-4,11-12H,5-8H2. The van der Waals surface area contributed by atoms with Crippen molar-refractivity contribution in [2.45, 2.75) is 23.5 Å². The Morgan fingerprint density at radius 3 is 2.61 bits per heavy atom. The highest BCUT2D eigenvalue weighted by Gasteiger charge is 2.44. The highest BCUT2D eigenvalue weighted by Crippen LogP contribution is 2.39. The minimum absolute atomic E-state index is 0.0266. The zero-order valence-corrected chi connectivity index (χ0v) is 11.4. The maximum atomic E-state index is 12.8. The second kappa shape index (κ2) is 4.51. The molecule has 3 rings (SSSR count). The lowest BCUT2D eigenvalue weighted by Crippen LogP contribution is -2.39. The number of rotatable bonds is 3. The summed E-state index contributed by atoms with van der Waals surface area (Å²) in [5, 5.41) is 0.470. The molecule has 0 aromatic heterocycles. The zero-order valence-electron chi connectivity index (χ0n) is 9.75. The fourth-order valence-corrected chi connectivity index (χ4v) is 6.00. The van der Waals surface area contributed by atoms with E-state index in [1.54, 1.807) is 4.31 Å². The first kappa shape index (κ1) is 12.4. The molecule has 2 saturated heterocycles. The van der Waals surface area contributed by atoms with E-state index in [0.717, 1.165) is 12.2 Å². The van der Waals surface area contributed by atoms with Gasteiger partial charge in [0.2, 0.25) is 10.0 Å². The van der Waals surface area contributed by atoms with E-state index in [1.807, 2.05) is 11.8 Å². The van der Waals surface area contributed by atoms with Crippen molar-refractivity contribution in [1.29, 1.82) is 0 Å². The number of hydrogen-bond acceptors (Lipinski definition) is 3. The van der Waals surface area contributed by atoms with Crippen LogP contribution in [0.15, 0.2) is 24.3 Å². The molecule has 1 aromatic rings. The van der Waals surface area contributed by atoms with Crippen LogP contribution >= 0.6 is 11.8 Å². The van der Waals surface area contributed by atoms with Crippen LogP contribution in [0.25, 0.3) is 0 Å². The third-order valence-electron chi connectivity index (χ3n) is 3.47. The summed E-state index contributed by atoms with van der Waals surface area (Å²) >= 11 is 1.86. The Kier molecular flexibility index (Phi) is 3.11. The molecule has 0 N–H and O–H groups in total. The number of hydrogen-bond donors (Lipinski definition) is 0. The highest BCUT2D eigenvalue weighted by molar-refractivity contribution is 8.00. The Balaban J connectivity index is 1.77. The lowest BCUT2D eigenvalue weighted by atomic mass is 10.2. The van der Waals surface area contributed by atoms with Crippen molar-refractivity contribution in [2.24, 2.45) is 0 Å². The van der Waals surface area contributed by atoms with Crippen molar-refractivity contribution < 1.29 is 12.8 Å². The molecule has 2 aliphatic rings. The van der Waals surface area contributed by atoms with Gasteiger partial charge in [-0.2, -0.15) is 16.1 Å². The maximum absolute atomic E-state index is 12.8. The minimum Gasteiger partial charge on any atom is -0.212 e. The summed E-state index contributed by atoms with van der Waals surface area (Å²) in [6.07, 6.45) is 0.979. The number of sulfonamides is 1. The van der Waals surface area contributed by atoms with Gasteiger partial charge in [-0.15, -0.1) is 0 Å². The van der Waals surface area contributed by atoms with Crippen LogP contribution in [0.2, 0.25) is 0 Å². The molecular formula is C12H14FNO2S2. The van der Waals surface area contributed by atoms with Crippen molar-refractivity contribution in [3.63, 3.8) is 0 Å². The number of nitrogens with zero attached hydrogens (tertiary/aromatic N) is 1. The van der Waals surface area contributed by atoms with Crippen LogP contribution in [0.5, 0.6) is 0 Å². The van der Waals surface area contributed by atoms with Crippen molar-refractivity contribution in [2.75, 3.05) is 12.3 Å². The molecule has 0 amide bonds. The van der Waals surface area contributed by atoms with E-state index < -0.39 is 10.0 Å². The van der Waals surface area contributed by atoms with Gasteiger partial charge >= 0.3 is 0 Å². The van der Waals surface area contributed by atoms with Crippen LogP contribution in [0, 0.1) is 5.82 Å². The van der Waals surface area contributed by atoms with Crippen LogP contribution < -0.4 is 0 Å². The third-order valence-corrected chi connectivity index (χ3v) is 6.72. The summed E-state index contributed by atoms with van der Waals surface area (Å²) < 4.78 is 39.0. The summed E-state index contributed by atoms with van der Waals surface area (Å²) in [6.45, 7) is 0.638. The van der Waals surface area contributed by atoms with Crippen LogP contribution in [0.3, 0.4) is 0 Å². The van der Waals surface area contributed by atoms with Crippen LogP contribution in [-0.4, -0.2) is 36.3 Å². The predicted octanol–water partition coefficient (Wildman–Crippen LogP) is 1.85. The Labute approximate surface area is 110 Å². The first-order valence-corrected chi connectivity index (χ1v) is 8.56. The van der Waals surface area contributed by atoms with Gasteiger partial charge in [-0.3, -0.25) is 0 Å². The Bertz CT molecular complexity index is 544. The van der Waals surface area contributed by atoms with Gasteiger partial charge < -0.3 is 0 Å². The molecule has 1 aromatic carbocycles. The van der Waals surface area contributed by atoms with E-state index in [4.69, 9.17) is 0 Å². The smallest absolute Gasteiger partial charge is 0.212 e. The molecule has 2 bridgehead atoms. The van der Waals surface area contributed by atoms with Crippen LogP contribution in [-0.2, 0) is 15.8 Å². The van der Waals surface area contributed by atoms with E-state index >= 15 is 0 Å². The third kappa shape index (κ3) is 2.29. The van der Waals surface area contributed by atoms with Gasteiger partial charge in [0.15, 0.2) is 0 Å². The average Bonchev–Trinajstić information content (AvgIpc) is 2.94. The predicted molar refractivity (Wildman–Crippen MR) is 70.4 cm³/mol. The van der Waals surface area contributed by atoms with Crippen molar-refractivity contribution in [3.8, 4) is 0 Å². The SMILES string of the molecule is O=S(=O)(Cc1ccc(F)cc1)N1CC2CC1CS2. The Morgan fingerprint density at radius 2 is 2.06 bits per heavy atom. The molecule has 18 heavy (non-hydrogen) atoms. The molecule has 98 valence electrons. The number of halogens is 1. The summed E-state index contributed by atoms with van der Waals surface area (Å²) in [7, 11) is -3.26. The van der Waals surface area contributed by atoms with Crippen LogP contribution in [0.1, 0.15) is 12.0 Å². The quantitative estimate of drug-likeness (QED) is 0.851. The normalized spacial score (nSPS) is 27.8.